The Morgan fingerprint density at radius 3 is 2.55 bits per heavy atom. The molecule has 0 heterocycles. The van der Waals surface area contributed by atoms with Crippen LogP contribution >= 0.6 is 15.9 Å². The van der Waals surface area contributed by atoms with E-state index in [9.17, 15) is 13.2 Å². The molecule has 0 aliphatic carbocycles. The highest BCUT2D eigenvalue weighted by Gasteiger charge is 2.19. The molecule has 0 aliphatic heterocycles. The largest absolute Gasteiger partial charge is 0.478 e. The van der Waals surface area contributed by atoms with Crippen molar-refractivity contribution in [2.45, 2.75) is 4.90 Å². The van der Waals surface area contributed by atoms with Gasteiger partial charge in [-0.2, -0.15) is 5.26 Å². The fraction of sp³-hybridized carbons (Fsp3) is 0. The van der Waals surface area contributed by atoms with E-state index < -0.39 is 16.0 Å². The van der Waals surface area contributed by atoms with Gasteiger partial charge in [0.2, 0.25) is 0 Å². The summed E-state index contributed by atoms with van der Waals surface area (Å²) >= 11 is 3.06. The summed E-state index contributed by atoms with van der Waals surface area (Å²) in [4.78, 5) is 10.8. The number of hydrogen-bond acceptors (Lipinski definition) is 4. The second kappa shape index (κ2) is 6.17. The van der Waals surface area contributed by atoms with Crippen molar-refractivity contribution in [2.24, 2.45) is 0 Å². The van der Waals surface area contributed by atoms with E-state index in [1.807, 2.05) is 6.07 Å². The van der Waals surface area contributed by atoms with Crippen LogP contribution in [-0.2, 0) is 10.0 Å². The highest BCUT2D eigenvalue weighted by Crippen LogP contribution is 2.25. The molecule has 0 radical (unpaired) electrons. The van der Waals surface area contributed by atoms with Crippen LogP contribution in [0.5, 0.6) is 0 Å². The lowest BCUT2D eigenvalue weighted by Gasteiger charge is -2.10. The minimum Gasteiger partial charge on any atom is -0.478 e. The molecule has 0 saturated heterocycles. The van der Waals surface area contributed by atoms with E-state index in [1.54, 1.807) is 12.1 Å². The first kappa shape index (κ1) is 16.0. The summed E-state index contributed by atoms with van der Waals surface area (Å²) in [5.41, 5.74) is 0.533. The Labute approximate surface area is 135 Å². The smallest absolute Gasteiger partial charge is 0.335 e. The number of benzene rings is 2. The molecule has 2 N–H and O–H groups in total. The molecule has 6 nitrogen and oxygen atoms in total. The fourth-order valence-electron chi connectivity index (χ4n) is 1.71. The highest BCUT2D eigenvalue weighted by molar-refractivity contribution is 9.10. The summed E-state index contributed by atoms with van der Waals surface area (Å²) in [7, 11) is -3.91. The standard InChI is InChI=1S/C14H9BrN2O4S/c15-12-7-10(14(18)19)4-5-13(12)22(20,21)17-11-3-1-2-9(6-11)8-16/h1-7,17H,(H,18,19). The van der Waals surface area contributed by atoms with Crippen molar-refractivity contribution in [1.82, 2.24) is 0 Å². The third kappa shape index (κ3) is 3.44. The normalized spacial score (nSPS) is 10.7. The molecule has 0 amide bonds. The number of carboxylic acids is 1. The first-order valence-corrected chi connectivity index (χ1v) is 8.17. The van der Waals surface area contributed by atoms with Crippen LogP contribution in [0.4, 0.5) is 5.69 Å². The van der Waals surface area contributed by atoms with Gasteiger partial charge < -0.3 is 5.11 Å². The lowest BCUT2D eigenvalue weighted by Crippen LogP contribution is -2.14. The number of nitriles is 1. The number of aromatic carboxylic acids is 1. The van der Waals surface area contributed by atoms with E-state index in [0.29, 0.717) is 5.56 Å². The van der Waals surface area contributed by atoms with Gasteiger partial charge in [0.15, 0.2) is 0 Å². The zero-order valence-electron chi connectivity index (χ0n) is 10.9. The first-order valence-electron chi connectivity index (χ1n) is 5.89. The van der Waals surface area contributed by atoms with Crippen molar-refractivity contribution >= 4 is 37.6 Å². The number of nitrogens with zero attached hydrogens (tertiary/aromatic N) is 1. The molecule has 0 saturated carbocycles. The van der Waals surface area contributed by atoms with Crippen molar-refractivity contribution in [3.05, 3.63) is 58.1 Å². The number of nitrogens with one attached hydrogen (secondary N) is 1. The monoisotopic (exact) mass is 380 g/mol. The molecule has 2 aromatic carbocycles. The maximum Gasteiger partial charge on any atom is 0.335 e. The highest BCUT2D eigenvalue weighted by atomic mass is 79.9. The van der Waals surface area contributed by atoms with Crippen LogP contribution in [0, 0.1) is 11.3 Å². The molecule has 0 atom stereocenters. The van der Waals surface area contributed by atoms with Gasteiger partial charge >= 0.3 is 5.97 Å². The van der Waals surface area contributed by atoms with E-state index >= 15 is 0 Å². The van der Waals surface area contributed by atoms with Crippen LogP contribution in [-0.4, -0.2) is 19.5 Å². The predicted molar refractivity (Wildman–Crippen MR) is 83.1 cm³/mol. The Morgan fingerprint density at radius 2 is 1.95 bits per heavy atom. The summed E-state index contributed by atoms with van der Waals surface area (Å²) in [5, 5.41) is 17.7. The molecule has 0 unspecified atom stereocenters. The summed E-state index contributed by atoms with van der Waals surface area (Å²) < 4.78 is 27.1. The second-order valence-electron chi connectivity index (χ2n) is 4.25. The molecule has 2 aromatic rings. The molecule has 0 fully saturated rings. The van der Waals surface area contributed by atoms with Gasteiger partial charge in [-0.15, -0.1) is 0 Å². The topological polar surface area (TPSA) is 107 Å². The number of anilines is 1. The minimum atomic E-state index is -3.91. The van der Waals surface area contributed by atoms with E-state index in [1.165, 1.54) is 30.3 Å². The first-order chi connectivity index (χ1) is 10.3. The van der Waals surface area contributed by atoms with Gasteiger partial charge in [0.05, 0.1) is 22.9 Å². The summed E-state index contributed by atoms with van der Waals surface area (Å²) in [6.45, 7) is 0. The van der Waals surface area contributed by atoms with Gasteiger partial charge in [-0.3, -0.25) is 4.72 Å². The van der Waals surface area contributed by atoms with Crippen molar-refractivity contribution < 1.29 is 18.3 Å². The zero-order valence-corrected chi connectivity index (χ0v) is 13.3. The second-order valence-corrected chi connectivity index (χ2v) is 6.75. The zero-order chi connectivity index (χ0) is 16.3. The molecular weight excluding hydrogens is 372 g/mol. The third-order valence-electron chi connectivity index (χ3n) is 2.71. The van der Waals surface area contributed by atoms with Crippen LogP contribution in [0.15, 0.2) is 51.8 Å². The molecule has 2 rings (SSSR count). The molecule has 8 heteroatoms. The summed E-state index contributed by atoms with van der Waals surface area (Å²) in [6.07, 6.45) is 0. The third-order valence-corrected chi connectivity index (χ3v) is 5.07. The number of rotatable bonds is 4. The van der Waals surface area contributed by atoms with Gasteiger partial charge in [0.25, 0.3) is 10.0 Å². The Morgan fingerprint density at radius 1 is 1.23 bits per heavy atom. The Balaban J connectivity index is 2.38. The van der Waals surface area contributed by atoms with Crippen LogP contribution in [0.2, 0.25) is 0 Å². The molecule has 112 valence electrons. The van der Waals surface area contributed by atoms with Crippen LogP contribution in [0.1, 0.15) is 15.9 Å². The Hall–Kier alpha value is -2.37. The maximum absolute atomic E-state index is 12.3. The molecule has 0 spiro atoms. The Kier molecular flexibility index (Phi) is 4.49. The van der Waals surface area contributed by atoms with E-state index in [-0.39, 0.29) is 20.6 Å². The van der Waals surface area contributed by atoms with Crippen LogP contribution in [0.25, 0.3) is 0 Å². The Bertz CT molecular complexity index is 888. The predicted octanol–water partition coefficient (Wildman–Crippen LogP) is 2.82. The van der Waals surface area contributed by atoms with Gasteiger partial charge in [0.1, 0.15) is 4.90 Å². The quantitative estimate of drug-likeness (QED) is 0.847. The SMILES string of the molecule is N#Cc1cccc(NS(=O)(=O)c2ccc(C(=O)O)cc2Br)c1. The summed E-state index contributed by atoms with van der Waals surface area (Å²) in [6, 6.07) is 11.5. The average Bonchev–Trinajstić information content (AvgIpc) is 2.46. The molecule has 22 heavy (non-hydrogen) atoms. The number of carboxylic acid groups (broad SMARTS) is 1. The molecule has 0 bridgehead atoms. The van der Waals surface area contributed by atoms with Crippen molar-refractivity contribution in [2.75, 3.05) is 4.72 Å². The van der Waals surface area contributed by atoms with E-state index in [4.69, 9.17) is 10.4 Å². The van der Waals surface area contributed by atoms with Gasteiger partial charge in [-0.25, -0.2) is 13.2 Å². The summed E-state index contributed by atoms with van der Waals surface area (Å²) in [5.74, 6) is -1.15. The number of hydrogen-bond donors (Lipinski definition) is 2. The van der Waals surface area contributed by atoms with Crippen molar-refractivity contribution in [1.29, 1.82) is 5.26 Å². The van der Waals surface area contributed by atoms with Gasteiger partial charge in [0, 0.05) is 4.47 Å². The molecule has 0 aromatic heterocycles. The van der Waals surface area contributed by atoms with Crippen LogP contribution in [0.3, 0.4) is 0 Å². The lowest BCUT2D eigenvalue weighted by molar-refractivity contribution is 0.0696. The lowest BCUT2D eigenvalue weighted by atomic mass is 10.2. The van der Waals surface area contributed by atoms with Gasteiger partial charge in [-0.1, -0.05) is 6.07 Å². The fourth-order valence-corrected chi connectivity index (χ4v) is 3.84. The molecular formula is C14H9BrN2O4S. The van der Waals surface area contributed by atoms with E-state index in [0.717, 1.165) is 0 Å². The van der Waals surface area contributed by atoms with E-state index in [2.05, 4.69) is 20.7 Å². The number of carbonyl (C=O) groups is 1. The van der Waals surface area contributed by atoms with Crippen LogP contribution < -0.4 is 4.72 Å². The minimum absolute atomic E-state index is 0.0303. The number of sulfonamides is 1. The average molecular weight is 381 g/mol. The van der Waals surface area contributed by atoms with Crippen molar-refractivity contribution in [3.8, 4) is 6.07 Å². The van der Waals surface area contributed by atoms with Crippen molar-refractivity contribution in [3.63, 3.8) is 0 Å². The maximum atomic E-state index is 12.3. The number of halogens is 1. The molecule has 0 aliphatic rings. The van der Waals surface area contributed by atoms with Gasteiger partial charge in [-0.05, 0) is 52.3 Å².